The largest absolute Gasteiger partial charge is 0.488 e. The number of nitrogens with two attached hydrogens (primary N) is 2. The van der Waals surface area contributed by atoms with E-state index in [9.17, 15) is 4.79 Å². The normalized spacial score (nSPS) is 9.75. The molecule has 0 spiro atoms. The lowest BCUT2D eigenvalue weighted by Crippen LogP contribution is -2.13. The lowest BCUT2D eigenvalue weighted by atomic mass is 10.1. The first kappa shape index (κ1) is 13.4. The van der Waals surface area contributed by atoms with E-state index in [1.807, 2.05) is 6.07 Å². The number of nitrogens with zero attached hydrogens (tertiary/aromatic N) is 1. The maximum Gasteiger partial charge on any atom is 0.252 e. The number of amides is 1. The molecule has 20 heavy (non-hydrogen) atoms. The molecule has 0 aromatic heterocycles. The summed E-state index contributed by atoms with van der Waals surface area (Å²) in [6.07, 6.45) is 0. The fraction of sp³-hybridized carbons (Fsp3) is 0.0667. The number of hydrogen-bond donors (Lipinski definition) is 2. The van der Waals surface area contributed by atoms with Gasteiger partial charge in [-0.2, -0.15) is 5.26 Å². The molecule has 0 bridgehead atoms. The van der Waals surface area contributed by atoms with E-state index < -0.39 is 5.91 Å². The molecule has 100 valence electrons. The molecular formula is C15H13N3O2. The number of primary amides is 1. The predicted octanol–water partition coefficient (Wildman–Crippen LogP) is 1.82. The van der Waals surface area contributed by atoms with Crippen LogP contribution >= 0.6 is 0 Å². The third kappa shape index (κ3) is 2.87. The van der Waals surface area contributed by atoms with Crippen molar-refractivity contribution in [3.8, 4) is 11.8 Å². The zero-order chi connectivity index (χ0) is 14.5. The van der Waals surface area contributed by atoms with Crippen LogP contribution in [0.3, 0.4) is 0 Å². The molecule has 0 radical (unpaired) electrons. The lowest BCUT2D eigenvalue weighted by molar-refractivity contribution is 0.0996. The van der Waals surface area contributed by atoms with Crippen LogP contribution in [0.15, 0.2) is 42.5 Å². The Morgan fingerprint density at radius 2 is 2.00 bits per heavy atom. The number of nitriles is 1. The summed E-state index contributed by atoms with van der Waals surface area (Å²) in [5.41, 5.74) is 12.9. The fourth-order valence-electron chi connectivity index (χ4n) is 1.77. The Kier molecular flexibility index (Phi) is 3.87. The Morgan fingerprint density at radius 1 is 1.25 bits per heavy atom. The molecule has 0 aliphatic carbocycles. The fourth-order valence-corrected chi connectivity index (χ4v) is 1.77. The highest BCUT2D eigenvalue weighted by atomic mass is 16.5. The second kappa shape index (κ2) is 5.76. The van der Waals surface area contributed by atoms with Crippen molar-refractivity contribution in [2.45, 2.75) is 6.61 Å². The number of nitrogen functional groups attached to an aromatic ring is 1. The van der Waals surface area contributed by atoms with Gasteiger partial charge in [-0.15, -0.1) is 0 Å². The summed E-state index contributed by atoms with van der Waals surface area (Å²) in [6.45, 7) is 0.160. The second-order valence-electron chi connectivity index (χ2n) is 4.18. The van der Waals surface area contributed by atoms with Gasteiger partial charge in [-0.1, -0.05) is 18.2 Å². The molecular weight excluding hydrogens is 254 g/mol. The third-order valence-electron chi connectivity index (χ3n) is 2.79. The van der Waals surface area contributed by atoms with Crippen molar-refractivity contribution < 1.29 is 9.53 Å². The van der Waals surface area contributed by atoms with Crippen molar-refractivity contribution in [1.29, 1.82) is 5.26 Å². The summed E-state index contributed by atoms with van der Waals surface area (Å²) in [6, 6.07) is 13.8. The molecule has 5 nitrogen and oxygen atoms in total. The lowest BCUT2D eigenvalue weighted by Gasteiger charge is -2.11. The Hall–Kier alpha value is -3.00. The highest BCUT2D eigenvalue weighted by molar-refractivity contribution is 5.96. The summed E-state index contributed by atoms with van der Waals surface area (Å²) in [5.74, 6) is -0.279. The van der Waals surface area contributed by atoms with E-state index >= 15 is 0 Å². The van der Waals surface area contributed by atoms with Crippen molar-refractivity contribution in [2.24, 2.45) is 5.73 Å². The van der Waals surface area contributed by atoms with Crippen molar-refractivity contribution in [3.63, 3.8) is 0 Å². The van der Waals surface area contributed by atoms with Crippen LogP contribution in [0.4, 0.5) is 5.69 Å². The number of carbonyl (C=O) groups is 1. The number of carbonyl (C=O) groups excluding carboxylic acids is 1. The van der Waals surface area contributed by atoms with E-state index in [4.69, 9.17) is 21.5 Å². The molecule has 0 aliphatic heterocycles. The number of benzene rings is 2. The highest BCUT2D eigenvalue weighted by Gasteiger charge is 2.10. The number of ether oxygens (including phenoxy) is 1. The molecule has 4 N–H and O–H groups in total. The van der Waals surface area contributed by atoms with Crippen molar-refractivity contribution >= 4 is 11.6 Å². The molecule has 2 aromatic rings. The topological polar surface area (TPSA) is 102 Å². The monoisotopic (exact) mass is 267 g/mol. The molecule has 0 unspecified atom stereocenters. The smallest absolute Gasteiger partial charge is 0.252 e. The SMILES string of the molecule is N#Cc1ccccc1COc1cc(N)ccc1C(N)=O. The number of hydrogen-bond acceptors (Lipinski definition) is 4. The van der Waals surface area contributed by atoms with Gasteiger partial charge in [0.15, 0.2) is 0 Å². The van der Waals surface area contributed by atoms with Gasteiger partial charge in [-0.05, 0) is 18.2 Å². The van der Waals surface area contributed by atoms with Crippen molar-refractivity contribution in [1.82, 2.24) is 0 Å². The first-order valence-electron chi connectivity index (χ1n) is 5.92. The maximum atomic E-state index is 11.3. The zero-order valence-corrected chi connectivity index (χ0v) is 10.7. The van der Waals surface area contributed by atoms with Crippen molar-refractivity contribution in [2.75, 3.05) is 5.73 Å². The quantitative estimate of drug-likeness (QED) is 0.825. The Labute approximate surface area is 116 Å². The molecule has 2 aromatic carbocycles. The van der Waals surface area contributed by atoms with Gasteiger partial charge in [0.25, 0.3) is 5.91 Å². The predicted molar refractivity (Wildman–Crippen MR) is 74.9 cm³/mol. The van der Waals surface area contributed by atoms with Crippen LogP contribution in [0.25, 0.3) is 0 Å². The summed E-state index contributed by atoms with van der Waals surface area (Å²) in [7, 11) is 0. The highest BCUT2D eigenvalue weighted by Crippen LogP contribution is 2.23. The van der Waals surface area contributed by atoms with E-state index in [1.165, 1.54) is 12.1 Å². The minimum Gasteiger partial charge on any atom is -0.488 e. The van der Waals surface area contributed by atoms with Gasteiger partial charge in [0, 0.05) is 17.3 Å². The van der Waals surface area contributed by atoms with Crippen LogP contribution in [0.5, 0.6) is 5.75 Å². The standard InChI is InChI=1S/C15H13N3O2/c16-8-10-3-1-2-4-11(10)9-20-14-7-12(17)5-6-13(14)15(18)19/h1-7H,9,17H2,(H2,18,19). The van der Waals surface area contributed by atoms with E-state index in [-0.39, 0.29) is 12.2 Å². The molecule has 5 heteroatoms. The summed E-state index contributed by atoms with van der Waals surface area (Å²) >= 11 is 0. The van der Waals surface area contributed by atoms with Crippen LogP contribution in [0, 0.1) is 11.3 Å². The van der Waals surface area contributed by atoms with Crippen LogP contribution in [0.1, 0.15) is 21.5 Å². The molecule has 0 saturated carbocycles. The minimum absolute atomic E-state index is 0.160. The van der Waals surface area contributed by atoms with Crippen LogP contribution < -0.4 is 16.2 Å². The van der Waals surface area contributed by atoms with Gasteiger partial charge in [0.2, 0.25) is 0 Å². The molecule has 0 atom stereocenters. The molecule has 0 fully saturated rings. The molecule has 2 rings (SSSR count). The van der Waals surface area contributed by atoms with Crippen LogP contribution in [-0.2, 0) is 6.61 Å². The number of rotatable bonds is 4. The van der Waals surface area contributed by atoms with Gasteiger partial charge in [0.1, 0.15) is 12.4 Å². The van der Waals surface area contributed by atoms with E-state index in [2.05, 4.69) is 6.07 Å². The molecule has 1 amide bonds. The van der Waals surface area contributed by atoms with Gasteiger partial charge in [-0.25, -0.2) is 0 Å². The average molecular weight is 267 g/mol. The first-order valence-corrected chi connectivity index (χ1v) is 5.92. The summed E-state index contributed by atoms with van der Waals surface area (Å²) < 4.78 is 5.58. The Bertz CT molecular complexity index is 690. The zero-order valence-electron chi connectivity index (χ0n) is 10.7. The third-order valence-corrected chi connectivity index (χ3v) is 2.79. The van der Waals surface area contributed by atoms with Gasteiger partial charge in [0.05, 0.1) is 17.2 Å². The molecule has 0 saturated heterocycles. The van der Waals surface area contributed by atoms with Crippen LogP contribution in [-0.4, -0.2) is 5.91 Å². The molecule has 0 aliphatic rings. The van der Waals surface area contributed by atoms with E-state index in [1.54, 1.807) is 24.3 Å². The Balaban J connectivity index is 2.25. The van der Waals surface area contributed by atoms with E-state index in [0.717, 1.165) is 5.56 Å². The Morgan fingerprint density at radius 3 is 2.70 bits per heavy atom. The maximum absolute atomic E-state index is 11.3. The van der Waals surface area contributed by atoms with Gasteiger partial charge < -0.3 is 16.2 Å². The minimum atomic E-state index is -0.589. The van der Waals surface area contributed by atoms with Gasteiger partial charge >= 0.3 is 0 Å². The summed E-state index contributed by atoms with van der Waals surface area (Å²) in [5, 5.41) is 9.00. The van der Waals surface area contributed by atoms with Crippen LogP contribution in [0.2, 0.25) is 0 Å². The average Bonchev–Trinajstić information content (AvgIpc) is 2.45. The first-order chi connectivity index (χ1) is 9.61. The molecule has 0 heterocycles. The van der Waals surface area contributed by atoms with E-state index in [0.29, 0.717) is 17.0 Å². The second-order valence-corrected chi connectivity index (χ2v) is 4.18. The number of anilines is 1. The van der Waals surface area contributed by atoms with Crippen molar-refractivity contribution in [3.05, 3.63) is 59.2 Å². The van der Waals surface area contributed by atoms with Gasteiger partial charge in [-0.3, -0.25) is 4.79 Å². The summed E-state index contributed by atoms with van der Waals surface area (Å²) in [4.78, 5) is 11.3.